The Kier molecular flexibility index (Phi) is 4.82. The number of hydrogen-bond acceptors (Lipinski definition) is 6. The van der Waals surface area contributed by atoms with Gasteiger partial charge in [0, 0.05) is 22.7 Å². The Morgan fingerprint density at radius 2 is 1.48 bits per heavy atom. The maximum atomic E-state index is 12.6. The Labute approximate surface area is 146 Å². The van der Waals surface area contributed by atoms with Gasteiger partial charge >= 0.3 is 0 Å². The molecule has 0 aliphatic heterocycles. The number of sulfone groups is 1. The average Bonchev–Trinajstić information content (AvgIpc) is 2.47. The first kappa shape index (κ1) is 17.5. The van der Waals surface area contributed by atoms with Gasteiger partial charge in [-0.3, -0.25) is 20.2 Å². The standard InChI is InChI=1S/C12H6Br2N2O6S/c13-9-4-2-8(6-11(9)16(19)20)23(21,22)12-5-7(15(17)18)1-3-10(12)14/h1-6H. The quantitative estimate of drug-likeness (QED) is 0.499. The normalized spacial score (nSPS) is 11.2. The minimum Gasteiger partial charge on any atom is -0.258 e. The fraction of sp³-hybridized carbons (Fsp3) is 0. The van der Waals surface area contributed by atoms with Crippen LogP contribution in [0, 0.1) is 20.2 Å². The third-order valence-electron chi connectivity index (χ3n) is 2.84. The molecule has 0 amide bonds. The lowest BCUT2D eigenvalue weighted by Crippen LogP contribution is -2.05. The number of hydrogen-bond donors (Lipinski definition) is 0. The Hall–Kier alpha value is -1.85. The molecule has 0 unspecified atom stereocenters. The molecule has 0 saturated heterocycles. The molecule has 0 aliphatic carbocycles. The van der Waals surface area contributed by atoms with Crippen LogP contribution >= 0.6 is 31.9 Å². The Morgan fingerprint density at radius 1 is 0.870 bits per heavy atom. The Bertz CT molecular complexity index is 929. The molecule has 0 N–H and O–H groups in total. The summed E-state index contributed by atoms with van der Waals surface area (Å²) in [6.07, 6.45) is 0. The molecule has 2 aromatic rings. The smallest absolute Gasteiger partial charge is 0.258 e. The molecule has 0 fully saturated rings. The van der Waals surface area contributed by atoms with Crippen LogP contribution in [0.25, 0.3) is 0 Å². The fourth-order valence-corrected chi connectivity index (χ4v) is 4.38. The second-order valence-corrected chi connectivity index (χ2v) is 7.87. The Balaban J connectivity index is 2.68. The average molecular weight is 466 g/mol. The second-order valence-electron chi connectivity index (χ2n) is 4.25. The van der Waals surface area contributed by atoms with E-state index < -0.39 is 31.1 Å². The summed E-state index contributed by atoms with van der Waals surface area (Å²) in [5, 5.41) is 21.7. The molecule has 0 spiro atoms. The third-order valence-corrected chi connectivity index (χ3v) is 6.26. The molecule has 0 aromatic heterocycles. The first-order valence-electron chi connectivity index (χ1n) is 5.77. The van der Waals surface area contributed by atoms with E-state index in [9.17, 15) is 28.6 Å². The summed E-state index contributed by atoms with van der Waals surface area (Å²) in [6.45, 7) is 0. The van der Waals surface area contributed by atoms with Crippen LogP contribution in [0.3, 0.4) is 0 Å². The number of nitro groups is 2. The van der Waals surface area contributed by atoms with Crippen LogP contribution in [-0.2, 0) is 9.84 Å². The van der Waals surface area contributed by atoms with Gasteiger partial charge in [0.15, 0.2) is 0 Å². The van der Waals surface area contributed by atoms with Gasteiger partial charge in [-0.15, -0.1) is 0 Å². The molecular formula is C12H6Br2N2O6S. The number of rotatable bonds is 4. The molecule has 0 radical (unpaired) electrons. The lowest BCUT2D eigenvalue weighted by Gasteiger charge is -2.07. The summed E-state index contributed by atoms with van der Waals surface area (Å²) in [4.78, 5) is 19.6. The minimum absolute atomic E-state index is 0.119. The molecule has 2 rings (SSSR count). The lowest BCUT2D eigenvalue weighted by molar-refractivity contribution is -0.385. The van der Waals surface area contributed by atoms with Gasteiger partial charge in [0.25, 0.3) is 11.4 Å². The van der Waals surface area contributed by atoms with Crippen molar-refractivity contribution in [2.75, 3.05) is 0 Å². The zero-order valence-electron chi connectivity index (χ0n) is 11.0. The number of halogens is 2. The van der Waals surface area contributed by atoms with Crippen molar-refractivity contribution in [3.05, 3.63) is 65.6 Å². The molecule has 23 heavy (non-hydrogen) atoms. The summed E-state index contributed by atoms with van der Waals surface area (Å²) < 4.78 is 25.5. The van der Waals surface area contributed by atoms with Crippen molar-refractivity contribution in [3.63, 3.8) is 0 Å². The van der Waals surface area contributed by atoms with E-state index in [0.717, 1.165) is 18.2 Å². The zero-order chi connectivity index (χ0) is 17.4. The van der Waals surface area contributed by atoms with Crippen LogP contribution in [0.2, 0.25) is 0 Å². The van der Waals surface area contributed by atoms with Gasteiger partial charge in [-0.2, -0.15) is 0 Å². The lowest BCUT2D eigenvalue weighted by atomic mass is 10.3. The van der Waals surface area contributed by atoms with E-state index in [0.29, 0.717) is 0 Å². The first-order chi connectivity index (χ1) is 10.6. The van der Waals surface area contributed by atoms with Crippen LogP contribution in [0.1, 0.15) is 0 Å². The highest BCUT2D eigenvalue weighted by atomic mass is 79.9. The summed E-state index contributed by atoms with van der Waals surface area (Å²) in [5.41, 5.74) is -0.828. The van der Waals surface area contributed by atoms with E-state index in [1.54, 1.807) is 0 Å². The second kappa shape index (κ2) is 6.34. The van der Waals surface area contributed by atoms with Crippen molar-refractivity contribution < 1.29 is 18.3 Å². The van der Waals surface area contributed by atoms with Crippen LogP contribution in [-0.4, -0.2) is 18.3 Å². The minimum atomic E-state index is -4.18. The highest BCUT2D eigenvalue weighted by Gasteiger charge is 2.26. The van der Waals surface area contributed by atoms with Crippen LogP contribution in [0.4, 0.5) is 11.4 Å². The van der Waals surface area contributed by atoms with Gasteiger partial charge in [0.2, 0.25) is 9.84 Å². The van der Waals surface area contributed by atoms with Crippen molar-refractivity contribution in [2.45, 2.75) is 9.79 Å². The first-order valence-corrected chi connectivity index (χ1v) is 8.84. The van der Waals surface area contributed by atoms with E-state index in [2.05, 4.69) is 31.9 Å². The predicted octanol–water partition coefficient (Wildman–Crippen LogP) is 3.86. The molecule has 120 valence electrons. The Morgan fingerprint density at radius 3 is 2.04 bits per heavy atom. The van der Waals surface area contributed by atoms with Crippen LogP contribution < -0.4 is 0 Å². The highest BCUT2D eigenvalue weighted by molar-refractivity contribution is 9.10. The highest BCUT2D eigenvalue weighted by Crippen LogP contribution is 2.34. The van der Waals surface area contributed by atoms with Gasteiger partial charge in [-0.05, 0) is 50.1 Å². The molecule has 11 heteroatoms. The fourth-order valence-electron chi connectivity index (χ4n) is 1.74. The van der Waals surface area contributed by atoms with E-state index in [4.69, 9.17) is 0 Å². The number of benzene rings is 2. The van der Waals surface area contributed by atoms with E-state index >= 15 is 0 Å². The molecule has 0 atom stereocenters. The van der Waals surface area contributed by atoms with E-state index in [1.807, 2.05) is 0 Å². The van der Waals surface area contributed by atoms with Gasteiger partial charge in [-0.1, -0.05) is 0 Å². The van der Waals surface area contributed by atoms with Crippen molar-refractivity contribution in [1.82, 2.24) is 0 Å². The van der Waals surface area contributed by atoms with Crippen molar-refractivity contribution in [1.29, 1.82) is 0 Å². The van der Waals surface area contributed by atoms with Crippen LogP contribution in [0.15, 0.2) is 55.1 Å². The van der Waals surface area contributed by atoms with Crippen LogP contribution in [0.5, 0.6) is 0 Å². The maximum absolute atomic E-state index is 12.6. The van der Waals surface area contributed by atoms with Gasteiger partial charge in [0.05, 0.1) is 24.1 Å². The van der Waals surface area contributed by atoms with Crippen molar-refractivity contribution >= 4 is 53.1 Å². The van der Waals surface area contributed by atoms with Crippen molar-refractivity contribution in [3.8, 4) is 0 Å². The molecule has 0 bridgehead atoms. The number of nitro benzene ring substituents is 2. The predicted molar refractivity (Wildman–Crippen MR) is 87.0 cm³/mol. The van der Waals surface area contributed by atoms with Gasteiger partial charge in [-0.25, -0.2) is 8.42 Å². The van der Waals surface area contributed by atoms with E-state index in [1.165, 1.54) is 18.2 Å². The topological polar surface area (TPSA) is 120 Å². The molecular weight excluding hydrogens is 460 g/mol. The summed E-state index contributed by atoms with van der Waals surface area (Å²) >= 11 is 5.99. The maximum Gasteiger partial charge on any atom is 0.284 e. The van der Waals surface area contributed by atoms with E-state index in [-0.39, 0.29) is 18.7 Å². The monoisotopic (exact) mass is 464 g/mol. The van der Waals surface area contributed by atoms with Gasteiger partial charge in [0.1, 0.15) is 0 Å². The van der Waals surface area contributed by atoms with Gasteiger partial charge < -0.3 is 0 Å². The number of non-ortho nitro benzene ring substituents is 1. The molecule has 0 saturated carbocycles. The zero-order valence-corrected chi connectivity index (χ0v) is 15.0. The van der Waals surface area contributed by atoms with Crippen molar-refractivity contribution in [2.24, 2.45) is 0 Å². The molecule has 8 nitrogen and oxygen atoms in total. The third kappa shape index (κ3) is 3.41. The summed E-state index contributed by atoms with van der Waals surface area (Å²) in [6, 6.07) is 6.58. The SMILES string of the molecule is O=[N+]([O-])c1ccc(Br)c(S(=O)(=O)c2ccc(Br)c([N+](=O)[O-])c2)c1. The molecule has 0 aliphatic rings. The largest absolute Gasteiger partial charge is 0.284 e. The summed E-state index contributed by atoms with van der Waals surface area (Å²) in [5.74, 6) is 0. The molecule has 2 aromatic carbocycles. The number of nitrogens with zero attached hydrogens (tertiary/aromatic N) is 2. The summed E-state index contributed by atoms with van der Waals surface area (Å²) in [7, 11) is -4.18. The molecule has 0 heterocycles.